The molecule has 3 N–H and O–H groups in total. The Labute approximate surface area is 160 Å². The van der Waals surface area contributed by atoms with E-state index in [1.807, 2.05) is 35.8 Å². The number of halogens is 1. The van der Waals surface area contributed by atoms with Gasteiger partial charge in [-0.1, -0.05) is 35.5 Å². The summed E-state index contributed by atoms with van der Waals surface area (Å²) >= 11 is 7.18. The number of hydrogen-bond acceptors (Lipinski definition) is 5. The van der Waals surface area contributed by atoms with Crippen molar-refractivity contribution in [2.45, 2.75) is 18.6 Å². The van der Waals surface area contributed by atoms with E-state index in [1.54, 1.807) is 24.3 Å². The minimum absolute atomic E-state index is 0.117. The number of nitrogens with one attached hydrogen (secondary N) is 1. The number of carbonyl (C=O) groups excluding carboxylic acids is 1. The molecule has 3 rings (SSSR count). The number of nitrogens with zero attached hydrogens (tertiary/aromatic N) is 3. The normalized spacial score (nSPS) is 10.7. The number of thioether (sulfide) groups is 1. The Kier molecular flexibility index (Phi) is 5.80. The van der Waals surface area contributed by atoms with E-state index in [1.165, 1.54) is 11.8 Å². The molecule has 3 aromatic rings. The van der Waals surface area contributed by atoms with Crippen molar-refractivity contribution in [3.8, 4) is 11.4 Å². The molecule has 26 heavy (non-hydrogen) atoms. The van der Waals surface area contributed by atoms with E-state index < -0.39 is 0 Å². The molecule has 1 aromatic heterocycles. The predicted octanol–water partition coefficient (Wildman–Crippen LogP) is 3.93. The number of rotatable bonds is 6. The van der Waals surface area contributed by atoms with Crippen LogP contribution >= 0.6 is 23.4 Å². The molecule has 0 aliphatic carbocycles. The molecular formula is C18H18ClN5OS. The van der Waals surface area contributed by atoms with Gasteiger partial charge < -0.3 is 15.6 Å². The minimum atomic E-state index is -0.117. The van der Waals surface area contributed by atoms with Crippen LogP contribution in [-0.4, -0.2) is 26.4 Å². The van der Waals surface area contributed by atoms with E-state index in [0.717, 1.165) is 11.4 Å². The van der Waals surface area contributed by atoms with Crippen LogP contribution in [0.2, 0.25) is 5.02 Å². The van der Waals surface area contributed by atoms with Gasteiger partial charge in [0, 0.05) is 28.5 Å². The smallest absolute Gasteiger partial charge is 0.234 e. The lowest BCUT2D eigenvalue weighted by Gasteiger charge is -2.08. The lowest BCUT2D eigenvalue weighted by Crippen LogP contribution is -2.14. The van der Waals surface area contributed by atoms with E-state index in [0.29, 0.717) is 28.1 Å². The highest BCUT2D eigenvalue weighted by atomic mass is 35.5. The second-order valence-electron chi connectivity index (χ2n) is 5.52. The van der Waals surface area contributed by atoms with Gasteiger partial charge in [-0.05, 0) is 43.3 Å². The zero-order chi connectivity index (χ0) is 18.5. The van der Waals surface area contributed by atoms with Gasteiger partial charge in [0.2, 0.25) is 5.91 Å². The van der Waals surface area contributed by atoms with Gasteiger partial charge in [-0.25, -0.2) is 0 Å². The molecule has 0 bridgehead atoms. The molecule has 0 unspecified atom stereocenters. The summed E-state index contributed by atoms with van der Waals surface area (Å²) in [6.45, 7) is 2.70. The Balaban J connectivity index is 1.68. The van der Waals surface area contributed by atoms with Crippen LogP contribution in [0.25, 0.3) is 11.4 Å². The summed E-state index contributed by atoms with van der Waals surface area (Å²) < 4.78 is 1.97. The lowest BCUT2D eigenvalue weighted by molar-refractivity contribution is -0.113. The first kappa shape index (κ1) is 18.3. The molecule has 0 atom stereocenters. The zero-order valence-electron chi connectivity index (χ0n) is 14.1. The number of nitrogen functional groups attached to an aromatic ring is 1. The molecule has 0 aliphatic rings. The third-order valence-electron chi connectivity index (χ3n) is 3.64. The summed E-state index contributed by atoms with van der Waals surface area (Å²) in [6.07, 6.45) is 0. The molecule has 0 saturated heterocycles. The van der Waals surface area contributed by atoms with E-state index in [9.17, 15) is 4.79 Å². The minimum Gasteiger partial charge on any atom is -0.399 e. The Morgan fingerprint density at radius 3 is 2.69 bits per heavy atom. The molecule has 0 fully saturated rings. The molecule has 1 heterocycles. The maximum Gasteiger partial charge on any atom is 0.234 e. The lowest BCUT2D eigenvalue weighted by atomic mass is 10.2. The van der Waals surface area contributed by atoms with Gasteiger partial charge >= 0.3 is 0 Å². The first-order valence-corrected chi connectivity index (χ1v) is 9.40. The van der Waals surface area contributed by atoms with Crippen LogP contribution in [0.3, 0.4) is 0 Å². The van der Waals surface area contributed by atoms with Crippen molar-refractivity contribution < 1.29 is 4.79 Å². The second-order valence-corrected chi connectivity index (χ2v) is 6.90. The van der Waals surface area contributed by atoms with Crippen molar-refractivity contribution in [2.75, 3.05) is 16.8 Å². The zero-order valence-corrected chi connectivity index (χ0v) is 15.7. The maximum atomic E-state index is 12.2. The van der Waals surface area contributed by atoms with Crippen molar-refractivity contribution in [1.82, 2.24) is 14.8 Å². The maximum absolute atomic E-state index is 12.2. The molecule has 0 saturated carbocycles. The highest BCUT2D eigenvalue weighted by Crippen LogP contribution is 2.25. The second kappa shape index (κ2) is 8.25. The van der Waals surface area contributed by atoms with E-state index in [2.05, 4.69) is 15.5 Å². The topological polar surface area (TPSA) is 85.8 Å². The Morgan fingerprint density at radius 2 is 2.00 bits per heavy atom. The Bertz CT molecular complexity index is 910. The van der Waals surface area contributed by atoms with Crippen LogP contribution in [0.4, 0.5) is 11.4 Å². The van der Waals surface area contributed by atoms with Crippen LogP contribution in [0.5, 0.6) is 0 Å². The van der Waals surface area contributed by atoms with Crippen LogP contribution in [-0.2, 0) is 11.3 Å². The van der Waals surface area contributed by atoms with Gasteiger partial charge in [-0.3, -0.25) is 4.79 Å². The Morgan fingerprint density at radius 1 is 1.23 bits per heavy atom. The molecule has 134 valence electrons. The summed E-state index contributed by atoms with van der Waals surface area (Å²) in [5.41, 5.74) is 8.13. The van der Waals surface area contributed by atoms with E-state index in [-0.39, 0.29) is 11.7 Å². The largest absolute Gasteiger partial charge is 0.399 e. The monoisotopic (exact) mass is 387 g/mol. The quantitative estimate of drug-likeness (QED) is 0.494. The fourth-order valence-electron chi connectivity index (χ4n) is 2.43. The number of nitrogens with two attached hydrogens (primary N) is 1. The average Bonchev–Trinajstić information content (AvgIpc) is 3.05. The molecule has 8 heteroatoms. The highest BCUT2D eigenvalue weighted by molar-refractivity contribution is 7.99. The molecule has 6 nitrogen and oxygen atoms in total. The fourth-order valence-corrected chi connectivity index (χ4v) is 3.36. The third kappa shape index (κ3) is 4.36. The van der Waals surface area contributed by atoms with Crippen molar-refractivity contribution in [3.05, 3.63) is 53.6 Å². The molecular weight excluding hydrogens is 370 g/mol. The number of aromatic nitrogens is 3. The molecule has 0 radical (unpaired) electrons. The van der Waals surface area contributed by atoms with E-state index >= 15 is 0 Å². The molecule has 1 amide bonds. The van der Waals surface area contributed by atoms with Crippen LogP contribution in [0.15, 0.2) is 53.7 Å². The van der Waals surface area contributed by atoms with Crippen LogP contribution < -0.4 is 11.1 Å². The van der Waals surface area contributed by atoms with Gasteiger partial charge in [-0.2, -0.15) is 0 Å². The van der Waals surface area contributed by atoms with Crippen molar-refractivity contribution in [3.63, 3.8) is 0 Å². The SMILES string of the molecule is CCn1c(SCC(=O)Nc2ccc(Cl)cc2)nnc1-c1cccc(N)c1. The summed E-state index contributed by atoms with van der Waals surface area (Å²) in [5, 5.41) is 12.6. The van der Waals surface area contributed by atoms with Crippen molar-refractivity contribution in [1.29, 1.82) is 0 Å². The van der Waals surface area contributed by atoms with E-state index in [4.69, 9.17) is 17.3 Å². The first-order valence-electron chi connectivity index (χ1n) is 8.04. The molecule has 2 aromatic carbocycles. The summed E-state index contributed by atoms with van der Waals surface area (Å²) in [4.78, 5) is 12.2. The number of benzene rings is 2. The summed E-state index contributed by atoms with van der Waals surface area (Å²) in [7, 11) is 0. The van der Waals surface area contributed by atoms with Gasteiger partial charge in [0.25, 0.3) is 0 Å². The highest BCUT2D eigenvalue weighted by Gasteiger charge is 2.14. The third-order valence-corrected chi connectivity index (χ3v) is 4.86. The average molecular weight is 388 g/mol. The van der Waals surface area contributed by atoms with Gasteiger partial charge in [0.15, 0.2) is 11.0 Å². The molecule has 0 aliphatic heterocycles. The predicted molar refractivity (Wildman–Crippen MR) is 106 cm³/mol. The number of amides is 1. The summed E-state index contributed by atoms with van der Waals surface area (Å²) in [6, 6.07) is 14.5. The van der Waals surface area contributed by atoms with Crippen molar-refractivity contribution >= 4 is 40.6 Å². The van der Waals surface area contributed by atoms with Crippen LogP contribution in [0, 0.1) is 0 Å². The number of carbonyl (C=O) groups is 1. The van der Waals surface area contributed by atoms with Gasteiger partial charge in [0.05, 0.1) is 5.75 Å². The number of hydrogen-bond donors (Lipinski definition) is 2. The van der Waals surface area contributed by atoms with Crippen LogP contribution in [0.1, 0.15) is 6.92 Å². The summed E-state index contributed by atoms with van der Waals surface area (Å²) in [5.74, 6) is 0.853. The van der Waals surface area contributed by atoms with Gasteiger partial charge in [-0.15, -0.1) is 10.2 Å². The van der Waals surface area contributed by atoms with Gasteiger partial charge in [0.1, 0.15) is 0 Å². The standard InChI is InChI=1S/C18H18ClN5OS/c1-2-24-17(12-4-3-5-14(20)10-12)22-23-18(24)26-11-16(25)21-15-8-6-13(19)7-9-15/h3-10H,2,11,20H2,1H3,(H,21,25). The number of anilines is 2. The molecule has 0 spiro atoms. The fraction of sp³-hybridized carbons (Fsp3) is 0.167. The Hall–Kier alpha value is -2.51. The van der Waals surface area contributed by atoms with Crippen molar-refractivity contribution in [2.24, 2.45) is 0 Å². The first-order chi connectivity index (χ1) is 12.6.